The normalized spacial score (nSPS) is 10.8. The van der Waals surface area contributed by atoms with Crippen LogP contribution in [-0.2, 0) is 0 Å². The first kappa shape index (κ1) is 8.84. The highest BCUT2D eigenvalue weighted by atomic mass is 15.3. The third kappa shape index (κ3) is 1.30. The first-order valence-corrected chi connectivity index (χ1v) is 4.87. The number of fused-ring (bicyclic) bond motifs is 1. The molecule has 0 spiro atoms. The SMILES string of the molecule is Nc1ccc(-n2ncc3ccccc32)nn1. The monoisotopic (exact) mass is 211 g/mol. The number of anilines is 1. The summed E-state index contributed by atoms with van der Waals surface area (Å²) >= 11 is 0. The minimum atomic E-state index is 0.403. The van der Waals surface area contributed by atoms with Gasteiger partial charge in [0.05, 0.1) is 11.7 Å². The van der Waals surface area contributed by atoms with Crippen molar-refractivity contribution in [3.05, 3.63) is 42.6 Å². The van der Waals surface area contributed by atoms with Crippen LogP contribution in [0.2, 0.25) is 0 Å². The summed E-state index contributed by atoms with van der Waals surface area (Å²) in [7, 11) is 0. The molecule has 0 radical (unpaired) electrons. The van der Waals surface area contributed by atoms with Gasteiger partial charge in [-0.3, -0.25) is 0 Å². The van der Waals surface area contributed by atoms with Crippen LogP contribution in [0.15, 0.2) is 42.6 Å². The van der Waals surface area contributed by atoms with Gasteiger partial charge < -0.3 is 5.73 Å². The average molecular weight is 211 g/mol. The Balaban J connectivity index is 2.22. The van der Waals surface area contributed by atoms with Gasteiger partial charge in [-0.15, -0.1) is 10.2 Å². The largest absolute Gasteiger partial charge is 0.382 e. The van der Waals surface area contributed by atoms with Gasteiger partial charge in [-0.25, -0.2) is 4.68 Å². The molecule has 2 aromatic heterocycles. The zero-order valence-electron chi connectivity index (χ0n) is 8.41. The van der Waals surface area contributed by atoms with Crippen molar-refractivity contribution in [1.82, 2.24) is 20.0 Å². The smallest absolute Gasteiger partial charge is 0.176 e. The van der Waals surface area contributed by atoms with Crippen molar-refractivity contribution >= 4 is 16.7 Å². The van der Waals surface area contributed by atoms with Gasteiger partial charge in [0.25, 0.3) is 0 Å². The Kier molecular flexibility index (Phi) is 1.83. The summed E-state index contributed by atoms with van der Waals surface area (Å²) in [5, 5.41) is 13.1. The van der Waals surface area contributed by atoms with E-state index in [1.807, 2.05) is 24.3 Å². The zero-order chi connectivity index (χ0) is 11.0. The van der Waals surface area contributed by atoms with Crippen molar-refractivity contribution in [2.45, 2.75) is 0 Å². The predicted molar refractivity (Wildman–Crippen MR) is 61.1 cm³/mol. The summed E-state index contributed by atoms with van der Waals surface area (Å²) in [5.74, 6) is 1.07. The standard InChI is InChI=1S/C11H9N5/c12-10-5-6-11(15-14-10)16-9-4-2-1-3-8(9)7-13-16/h1-7H,(H2,12,14). The van der Waals surface area contributed by atoms with E-state index in [-0.39, 0.29) is 0 Å². The maximum absolute atomic E-state index is 5.49. The van der Waals surface area contributed by atoms with E-state index in [0.29, 0.717) is 11.6 Å². The van der Waals surface area contributed by atoms with Crippen LogP contribution in [0.5, 0.6) is 0 Å². The van der Waals surface area contributed by atoms with Gasteiger partial charge >= 0.3 is 0 Å². The molecule has 1 aromatic carbocycles. The fourth-order valence-electron chi connectivity index (χ4n) is 1.60. The van der Waals surface area contributed by atoms with Crippen LogP contribution in [0.25, 0.3) is 16.7 Å². The Labute approximate surface area is 91.5 Å². The van der Waals surface area contributed by atoms with Crippen LogP contribution in [0, 0.1) is 0 Å². The molecule has 16 heavy (non-hydrogen) atoms. The van der Waals surface area contributed by atoms with Crippen molar-refractivity contribution in [3.63, 3.8) is 0 Å². The van der Waals surface area contributed by atoms with Crippen molar-refractivity contribution in [3.8, 4) is 5.82 Å². The zero-order valence-corrected chi connectivity index (χ0v) is 8.41. The minimum absolute atomic E-state index is 0.403. The van der Waals surface area contributed by atoms with Crippen molar-refractivity contribution in [2.75, 3.05) is 5.73 Å². The molecule has 0 bridgehead atoms. The summed E-state index contributed by atoms with van der Waals surface area (Å²) in [6, 6.07) is 11.4. The molecule has 0 saturated carbocycles. The van der Waals surface area contributed by atoms with Crippen LogP contribution >= 0.6 is 0 Å². The molecule has 78 valence electrons. The Hall–Kier alpha value is -2.43. The lowest BCUT2D eigenvalue weighted by Crippen LogP contribution is -2.02. The Morgan fingerprint density at radius 3 is 2.69 bits per heavy atom. The molecule has 0 atom stereocenters. The molecule has 0 fully saturated rings. The van der Waals surface area contributed by atoms with Crippen LogP contribution in [0.4, 0.5) is 5.82 Å². The van der Waals surface area contributed by atoms with E-state index in [4.69, 9.17) is 5.73 Å². The molecule has 3 rings (SSSR count). The van der Waals surface area contributed by atoms with Gasteiger partial charge in [0.1, 0.15) is 5.82 Å². The summed E-state index contributed by atoms with van der Waals surface area (Å²) in [6.07, 6.45) is 1.80. The number of para-hydroxylation sites is 1. The van der Waals surface area contributed by atoms with Gasteiger partial charge in [-0.2, -0.15) is 5.10 Å². The van der Waals surface area contributed by atoms with Crippen LogP contribution in [0.3, 0.4) is 0 Å². The molecule has 5 heteroatoms. The van der Waals surface area contributed by atoms with Crippen molar-refractivity contribution in [2.24, 2.45) is 0 Å². The molecule has 0 amide bonds. The van der Waals surface area contributed by atoms with E-state index in [9.17, 15) is 0 Å². The van der Waals surface area contributed by atoms with Crippen LogP contribution < -0.4 is 5.73 Å². The molecule has 5 nitrogen and oxygen atoms in total. The average Bonchev–Trinajstić information content (AvgIpc) is 2.74. The van der Waals surface area contributed by atoms with E-state index < -0.39 is 0 Å². The Morgan fingerprint density at radius 1 is 1.00 bits per heavy atom. The van der Waals surface area contributed by atoms with E-state index in [1.54, 1.807) is 23.0 Å². The molecular weight excluding hydrogens is 202 g/mol. The first-order chi connectivity index (χ1) is 7.84. The molecule has 2 heterocycles. The lowest BCUT2D eigenvalue weighted by molar-refractivity contribution is 0.839. The van der Waals surface area contributed by atoms with E-state index in [1.165, 1.54) is 0 Å². The Bertz CT molecular complexity index is 626. The van der Waals surface area contributed by atoms with Gasteiger partial charge in [0.2, 0.25) is 0 Å². The van der Waals surface area contributed by atoms with Gasteiger partial charge in [0, 0.05) is 5.39 Å². The summed E-state index contributed by atoms with van der Waals surface area (Å²) < 4.78 is 1.74. The first-order valence-electron chi connectivity index (χ1n) is 4.87. The number of rotatable bonds is 1. The summed E-state index contributed by atoms with van der Waals surface area (Å²) in [6.45, 7) is 0. The Morgan fingerprint density at radius 2 is 1.88 bits per heavy atom. The minimum Gasteiger partial charge on any atom is -0.382 e. The highest BCUT2D eigenvalue weighted by Gasteiger charge is 2.04. The highest BCUT2D eigenvalue weighted by molar-refractivity contribution is 5.79. The maximum Gasteiger partial charge on any atom is 0.176 e. The van der Waals surface area contributed by atoms with Gasteiger partial charge in [-0.1, -0.05) is 18.2 Å². The van der Waals surface area contributed by atoms with Gasteiger partial charge in [0.15, 0.2) is 5.82 Å². The second kappa shape index (κ2) is 3.30. The number of hydrogen-bond donors (Lipinski definition) is 1. The highest BCUT2D eigenvalue weighted by Crippen LogP contribution is 2.16. The van der Waals surface area contributed by atoms with Crippen LogP contribution in [0.1, 0.15) is 0 Å². The topological polar surface area (TPSA) is 69.6 Å². The molecule has 0 aliphatic rings. The number of nitrogen functional groups attached to an aromatic ring is 1. The lowest BCUT2D eigenvalue weighted by atomic mass is 10.2. The fraction of sp³-hybridized carbons (Fsp3) is 0. The van der Waals surface area contributed by atoms with Gasteiger partial charge in [-0.05, 0) is 18.2 Å². The molecule has 3 aromatic rings. The molecular formula is C11H9N5. The number of benzene rings is 1. The second-order valence-electron chi connectivity index (χ2n) is 3.43. The quantitative estimate of drug-likeness (QED) is 0.660. The molecule has 0 unspecified atom stereocenters. The maximum atomic E-state index is 5.49. The lowest BCUT2D eigenvalue weighted by Gasteiger charge is -2.01. The van der Waals surface area contributed by atoms with E-state index >= 15 is 0 Å². The molecule has 2 N–H and O–H groups in total. The third-order valence-electron chi connectivity index (χ3n) is 2.37. The summed E-state index contributed by atoms with van der Waals surface area (Å²) in [4.78, 5) is 0. The molecule has 0 aliphatic heterocycles. The predicted octanol–water partition coefficient (Wildman–Crippen LogP) is 1.40. The third-order valence-corrected chi connectivity index (χ3v) is 2.37. The van der Waals surface area contributed by atoms with E-state index in [0.717, 1.165) is 10.9 Å². The number of nitrogens with two attached hydrogens (primary N) is 1. The summed E-state index contributed by atoms with van der Waals surface area (Å²) in [5.41, 5.74) is 6.49. The van der Waals surface area contributed by atoms with E-state index in [2.05, 4.69) is 15.3 Å². The molecule has 0 aliphatic carbocycles. The fourth-order valence-corrected chi connectivity index (χ4v) is 1.60. The van der Waals surface area contributed by atoms with Crippen LogP contribution in [-0.4, -0.2) is 20.0 Å². The van der Waals surface area contributed by atoms with Crippen molar-refractivity contribution < 1.29 is 0 Å². The number of nitrogens with zero attached hydrogens (tertiary/aromatic N) is 4. The second-order valence-corrected chi connectivity index (χ2v) is 3.43. The number of aromatic nitrogens is 4. The number of hydrogen-bond acceptors (Lipinski definition) is 4. The van der Waals surface area contributed by atoms with Crippen molar-refractivity contribution in [1.29, 1.82) is 0 Å². The molecule has 0 saturated heterocycles.